The van der Waals surface area contributed by atoms with Crippen LogP contribution in [0.3, 0.4) is 0 Å². The number of fused-ring (bicyclic) bond motifs is 3. The highest BCUT2D eigenvalue weighted by molar-refractivity contribution is 7.99. The number of hydrogen-bond donors (Lipinski definition) is 0. The van der Waals surface area contributed by atoms with Gasteiger partial charge in [-0.15, -0.1) is 0 Å². The number of hydrogen-bond acceptors (Lipinski definition) is 3. The summed E-state index contributed by atoms with van der Waals surface area (Å²) in [7, 11) is 2.31. The molecule has 4 rings (SSSR count). The second kappa shape index (κ2) is 7.66. The fourth-order valence-electron chi connectivity index (χ4n) is 4.56. The van der Waals surface area contributed by atoms with Gasteiger partial charge in [0.15, 0.2) is 0 Å². The lowest BCUT2D eigenvalue weighted by Gasteiger charge is -2.37. The van der Waals surface area contributed by atoms with E-state index in [1.54, 1.807) is 5.56 Å². The van der Waals surface area contributed by atoms with Crippen molar-refractivity contribution in [2.45, 2.75) is 54.9 Å². The zero-order valence-electron chi connectivity index (χ0n) is 16.2. The highest BCUT2D eigenvalue weighted by atomic mass is 32.2. The minimum absolute atomic E-state index is 0.666. The van der Waals surface area contributed by atoms with Crippen molar-refractivity contribution in [3.05, 3.63) is 53.6 Å². The molecule has 0 N–H and O–H groups in total. The molecule has 0 bridgehead atoms. The van der Waals surface area contributed by atoms with E-state index in [9.17, 15) is 0 Å². The summed E-state index contributed by atoms with van der Waals surface area (Å²) in [5.41, 5.74) is 4.36. The molecular weight excluding hydrogens is 336 g/mol. The Balaban J connectivity index is 1.60. The van der Waals surface area contributed by atoms with Gasteiger partial charge in [-0.1, -0.05) is 54.9 Å². The number of likely N-dealkylation sites (tertiary alicyclic amines) is 1. The summed E-state index contributed by atoms with van der Waals surface area (Å²) >= 11 is 1.91. The summed E-state index contributed by atoms with van der Waals surface area (Å²) in [5.74, 6) is 0.666. The molecule has 0 aromatic heterocycles. The monoisotopic (exact) mass is 366 g/mol. The Morgan fingerprint density at radius 3 is 2.69 bits per heavy atom. The summed E-state index contributed by atoms with van der Waals surface area (Å²) in [6, 6.07) is 16.5. The first kappa shape index (κ1) is 17.9. The molecule has 0 aliphatic carbocycles. The molecular formula is C23H30N2S. The third-order valence-electron chi connectivity index (χ3n) is 6.02. The summed E-state index contributed by atoms with van der Waals surface area (Å²) in [5, 5.41) is 0. The first-order chi connectivity index (χ1) is 12.7. The molecule has 2 aromatic rings. The topological polar surface area (TPSA) is 6.48 Å². The molecule has 0 radical (unpaired) electrons. The second-order valence-electron chi connectivity index (χ2n) is 7.84. The number of nitrogens with zero attached hydrogens (tertiary/aromatic N) is 2. The van der Waals surface area contributed by atoms with Crippen molar-refractivity contribution >= 4 is 17.4 Å². The maximum absolute atomic E-state index is 2.69. The number of rotatable bonds is 5. The van der Waals surface area contributed by atoms with Crippen LogP contribution in [0.15, 0.2) is 52.3 Å². The van der Waals surface area contributed by atoms with Crippen LogP contribution in [0.1, 0.15) is 43.2 Å². The Kier molecular flexibility index (Phi) is 5.28. The van der Waals surface area contributed by atoms with Crippen molar-refractivity contribution in [3.63, 3.8) is 0 Å². The lowest BCUT2D eigenvalue weighted by atomic mass is 9.89. The molecule has 2 aliphatic heterocycles. The van der Waals surface area contributed by atoms with E-state index < -0.39 is 0 Å². The van der Waals surface area contributed by atoms with E-state index in [4.69, 9.17) is 0 Å². The van der Waals surface area contributed by atoms with Crippen LogP contribution in [-0.4, -0.2) is 37.6 Å². The fourth-order valence-corrected chi connectivity index (χ4v) is 5.59. The van der Waals surface area contributed by atoms with E-state index >= 15 is 0 Å². The summed E-state index contributed by atoms with van der Waals surface area (Å²) < 4.78 is 0. The zero-order chi connectivity index (χ0) is 18.1. The lowest BCUT2D eigenvalue weighted by Crippen LogP contribution is -2.45. The number of aryl methyl sites for hydroxylation is 1. The molecule has 26 heavy (non-hydrogen) atoms. The van der Waals surface area contributed by atoms with Gasteiger partial charge in [0.2, 0.25) is 0 Å². The number of piperidine rings is 1. The molecule has 2 unspecified atom stereocenters. The van der Waals surface area contributed by atoms with Gasteiger partial charge in [-0.25, -0.2) is 0 Å². The Morgan fingerprint density at radius 2 is 1.92 bits per heavy atom. The summed E-state index contributed by atoms with van der Waals surface area (Å²) in [4.78, 5) is 8.00. The summed E-state index contributed by atoms with van der Waals surface area (Å²) in [6.07, 6.45) is 3.90. The molecule has 138 valence electrons. The van der Waals surface area contributed by atoms with Gasteiger partial charge >= 0.3 is 0 Å². The van der Waals surface area contributed by atoms with Gasteiger partial charge in [-0.2, -0.15) is 0 Å². The van der Waals surface area contributed by atoms with E-state index in [0.29, 0.717) is 12.0 Å². The van der Waals surface area contributed by atoms with E-state index in [2.05, 4.69) is 73.2 Å². The molecule has 1 fully saturated rings. The molecule has 2 nitrogen and oxygen atoms in total. The Hall–Kier alpha value is -1.45. The highest BCUT2D eigenvalue weighted by Gasteiger charge is 2.41. The number of benzene rings is 2. The van der Waals surface area contributed by atoms with Crippen molar-refractivity contribution in [2.75, 3.05) is 31.6 Å². The molecule has 2 aromatic carbocycles. The molecule has 1 saturated heterocycles. The smallest absolute Gasteiger partial charge is 0.0544 e. The van der Waals surface area contributed by atoms with Crippen LogP contribution < -0.4 is 4.90 Å². The van der Waals surface area contributed by atoms with E-state index in [-0.39, 0.29) is 0 Å². The van der Waals surface area contributed by atoms with E-state index in [1.807, 2.05) is 11.8 Å². The number of para-hydroxylation sites is 1. The Labute approximate surface area is 162 Å². The van der Waals surface area contributed by atoms with Gasteiger partial charge in [0, 0.05) is 41.9 Å². The fraction of sp³-hybridized carbons (Fsp3) is 0.478. The highest BCUT2D eigenvalue weighted by Crippen LogP contribution is 2.49. The van der Waals surface area contributed by atoms with Crippen molar-refractivity contribution in [2.24, 2.45) is 0 Å². The quantitative estimate of drug-likeness (QED) is 0.684. The minimum Gasteiger partial charge on any atom is -0.370 e. The largest absolute Gasteiger partial charge is 0.370 e. The number of likely N-dealkylation sites (N-methyl/N-ethyl adjacent to an activating group) is 1. The molecule has 2 atom stereocenters. The maximum atomic E-state index is 2.69. The van der Waals surface area contributed by atoms with Crippen LogP contribution in [0.25, 0.3) is 0 Å². The third kappa shape index (κ3) is 3.39. The Morgan fingerprint density at radius 1 is 1.12 bits per heavy atom. The first-order valence-electron chi connectivity index (χ1n) is 10.00. The van der Waals surface area contributed by atoms with Crippen LogP contribution in [0, 0.1) is 6.92 Å². The van der Waals surface area contributed by atoms with Crippen LogP contribution in [0.4, 0.5) is 5.69 Å². The van der Waals surface area contributed by atoms with Gasteiger partial charge < -0.3 is 9.80 Å². The van der Waals surface area contributed by atoms with Gasteiger partial charge in [0.25, 0.3) is 0 Å². The van der Waals surface area contributed by atoms with E-state index in [1.165, 1.54) is 59.9 Å². The zero-order valence-corrected chi connectivity index (χ0v) is 17.1. The second-order valence-corrected chi connectivity index (χ2v) is 8.95. The maximum Gasteiger partial charge on any atom is 0.0544 e. The van der Waals surface area contributed by atoms with Gasteiger partial charge in [0.1, 0.15) is 0 Å². The first-order valence-corrected chi connectivity index (χ1v) is 10.8. The number of unbranched alkanes of at least 4 members (excludes halogenated alkanes) is 1. The minimum atomic E-state index is 0.666. The van der Waals surface area contributed by atoms with Crippen LogP contribution >= 0.6 is 11.8 Å². The lowest BCUT2D eigenvalue weighted by molar-refractivity contribution is 0.193. The van der Waals surface area contributed by atoms with Crippen molar-refractivity contribution in [1.82, 2.24) is 4.90 Å². The average Bonchev–Trinajstić information content (AvgIpc) is 2.95. The van der Waals surface area contributed by atoms with E-state index in [0.717, 1.165) is 0 Å². The van der Waals surface area contributed by atoms with Crippen LogP contribution in [0.2, 0.25) is 0 Å². The number of anilines is 1. The van der Waals surface area contributed by atoms with Gasteiger partial charge in [0.05, 0.1) is 5.69 Å². The normalized spacial score (nSPS) is 22.3. The van der Waals surface area contributed by atoms with Crippen molar-refractivity contribution < 1.29 is 0 Å². The predicted octanol–water partition coefficient (Wildman–Crippen LogP) is 5.55. The Bertz CT molecular complexity index is 755. The van der Waals surface area contributed by atoms with Crippen LogP contribution in [0.5, 0.6) is 0 Å². The molecule has 2 heterocycles. The molecule has 0 saturated carbocycles. The van der Waals surface area contributed by atoms with Gasteiger partial charge in [-0.05, 0) is 50.1 Å². The van der Waals surface area contributed by atoms with Crippen molar-refractivity contribution in [3.8, 4) is 0 Å². The molecule has 3 heteroatoms. The SMILES string of the molecule is CCCCN1CCC2C(C1)c1cccc(Sc3ccc(C)cc3)c1N2C. The summed E-state index contributed by atoms with van der Waals surface area (Å²) in [6.45, 7) is 8.18. The van der Waals surface area contributed by atoms with Crippen LogP contribution in [-0.2, 0) is 0 Å². The standard InChI is InChI=1S/C23H30N2S/c1-4-5-14-25-15-13-21-20(16-25)19-7-6-8-22(23(19)24(21)3)26-18-11-9-17(2)10-12-18/h6-12,20-21H,4-5,13-16H2,1-3H3. The average molecular weight is 367 g/mol. The third-order valence-corrected chi connectivity index (χ3v) is 7.07. The molecule has 0 spiro atoms. The molecule has 2 aliphatic rings. The van der Waals surface area contributed by atoms with Gasteiger partial charge in [-0.3, -0.25) is 0 Å². The molecule has 0 amide bonds. The predicted molar refractivity (Wildman–Crippen MR) is 113 cm³/mol. The van der Waals surface area contributed by atoms with Crippen molar-refractivity contribution in [1.29, 1.82) is 0 Å².